The number of nitrogens with one attached hydrogen (secondary N) is 1. The summed E-state index contributed by atoms with van der Waals surface area (Å²) in [5.41, 5.74) is 1.88. The molecule has 27 heavy (non-hydrogen) atoms. The molecule has 0 saturated carbocycles. The van der Waals surface area contributed by atoms with E-state index < -0.39 is 10.0 Å². The van der Waals surface area contributed by atoms with E-state index in [1.807, 2.05) is 11.8 Å². The zero-order valence-electron chi connectivity index (χ0n) is 16.0. The Labute approximate surface area is 161 Å². The number of sulfonamides is 1. The lowest BCUT2D eigenvalue weighted by Crippen LogP contribution is -2.42. The van der Waals surface area contributed by atoms with E-state index >= 15 is 0 Å². The highest BCUT2D eigenvalue weighted by atomic mass is 32.2. The monoisotopic (exact) mass is 386 g/mol. The zero-order chi connectivity index (χ0) is 19.6. The third-order valence-corrected chi connectivity index (χ3v) is 6.25. The number of amides is 1. The van der Waals surface area contributed by atoms with E-state index in [-0.39, 0.29) is 10.8 Å². The predicted octanol–water partition coefficient (Wildman–Crippen LogP) is 3.91. The Morgan fingerprint density at radius 3 is 2.30 bits per heavy atom. The first kappa shape index (κ1) is 19.4. The van der Waals surface area contributed by atoms with Gasteiger partial charge in [-0.1, -0.05) is 37.6 Å². The summed E-state index contributed by atoms with van der Waals surface area (Å²) < 4.78 is 27.7. The molecule has 0 bridgehead atoms. The molecule has 1 saturated heterocycles. The summed E-state index contributed by atoms with van der Waals surface area (Å²) in [6.45, 7) is 7.69. The highest BCUT2D eigenvalue weighted by Crippen LogP contribution is 2.24. The van der Waals surface area contributed by atoms with Crippen molar-refractivity contribution in [2.45, 2.75) is 32.1 Å². The molecule has 1 heterocycles. The van der Waals surface area contributed by atoms with Gasteiger partial charge < -0.3 is 4.90 Å². The molecule has 0 spiro atoms. The SMILES string of the molecule is Cc1ccc(S(=O)(=O)Nc2cccc(C(=O)N3C[C@H](C)C[C@@H](C)C3)c2)cc1. The molecule has 144 valence electrons. The lowest BCUT2D eigenvalue weighted by molar-refractivity contribution is 0.0623. The number of piperidine rings is 1. The minimum Gasteiger partial charge on any atom is -0.338 e. The Morgan fingerprint density at radius 1 is 1.04 bits per heavy atom. The van der Waals surface area contributed by atoms with Crippen LogP contribution in [0.15, 0.2) is 53.4 Å². The van der Waals surface area contributed by atoms with E-state index in [1.54, 1.807) is 48.5 Å². The van der Waals surface area contributed by atoms with Crippen LogP contribution in [-0.2, 0) is 10.0 Å². The minimum absolute atomic E-state index is 0.0511. The van der Waals surface area contributed by atoms with Gasteiger partial charge in [-0.05, 0) is 55.5 Å². The molecule has 0 radical (unpaired) electrons. The van der Waals surface area contributed by atoms with Crippen molar-refractivity contribution in [2.24, 2.45) is 11.8 Å². The molecule has 2 atom stereocenters. The molecule has 1 amide bonds. The Hall–Kier alpha value is -2.34. The Balaban J connectivity index is 1.79. The van der Waals surface area contributed by atoms with Crippen LogP contribution in [0.2, 0.25) is 0 Å². The molecule has 0 aliphatic carbocycles. The smallest absolute Gasteiger partial charge is 0.261 e. The number of carbonyl (C=O) groups is 1. The standard InChI is InChI=1S/C21H26N2O3S/c1-15-7-9-20(10-8-15)27(25,26)22-19-6-4-5-18(12-19)21(24)23-13-16(2)11-17(3)14-23/h4-10,12,16-17,22H,11,13-14H2,1-3H3/t16-,17-/m1/s1. The fourth-order valence-corrected chi connectivity index (χ4v) is 4.71. The fraction of sp³-hybridized carbons (Fsp3) is 0.381. The summed E-state index contributed by atoms with van der Waals surface area (Å²) in [6.07, 6.45) is 1.13. The molecule has 1 N–H and O–H groups in total. The summed E-state index contributed by atoms with van der Waals surface area (Å²) in [4.78, 5) is 14.9. The van der Waals surface area contributed by atoms with Crippen molar-refractivity contribution in [3.05, 3.63) is 59.7 Å². The van der Waals surface area contributed by atoms with Gasteiger partial charge in [0.15, 0.2) is 0 Å². The predicted molar refractivity (Wildman–Crippen MR) is 107 cm³/mol. The Bertz CT molecular complexity index is 913. The van der Waals surface area contributed by atoms with E-state index in [0.29, 0.717) is 23.1 Å². The number of hydrogen-bond acceptors (Lipinski definition) is 3. The molecular weight excluding hydrogens is 360 g/mol. The fourth-order valence-electron chi connectivity index (χ4n) is 3.66. The van der Waals surface area contributed by atoms with E-state index in [2.05, 4.69) is 18.6 Å². The molecule has 0 unspecified atom stereocenters. The summed E-state index contributed by atoms with van der Waals surface area (Å²) in [5, 5.41) is 0. The average molecular weight is 387 g/mol. The normalized spacial score (nSPS) is 20.3. The van der Waals surface area contributed by atoms with Crippen LogP contribution in [0.1, 0.15) is 36.2 Å². The molecule has 1 aliphatic rings. The molecule has 2 aromatic carbocycles. The van der Waals surface area contributed by atoms with E-state index in [4.69, 9.17) is 0 Å². The van der Waals surface area contributed by atoms with Crippen LogP contribution in [0.25, 0.3) is 0 Å². The second-order valence-electron chi connectivity index (χ2n) is 7.66. The highest BCUT2D eigenvalue weighted by Gasteiger charge is 2.26. The van der Waals surface area contributed by atoms with Gasteiger partial charge in [-0.3, -0.25) is 9.52 Å². The van der Waals surface area contributed by atoms with Crippen LogP contribution in [0, 0.1) is 18.8 Å². The first-order valence-corrected chi connectivity index (χ1v) is 10.7. The summed E-state index contributed by atoms with van der Waals surface area (Å²) >= 11 is 0. The topological polar surface area (TPSA) is 66.5 Å². The molecule has 0 aromatic heterocycles. The third-order valence-electron chi connectivity index (χ3n) is 4.85. The number of anilines is 1. The van der Waals surface area contributed by atoms with Crippen LogP contribution in [0.5, 0.6) is 0 Å². The Kier molecular flexibility index (Phi) is 5.56. The maximum Gasteiger partial charge on any atom is 0.261 e. The zero-order valence-corrected chi connectivity index (χ0v) is 16.8. The number of benzene rings is 2. The molecule has 5 nitrogen and oxygen atoms in total. The van der Waals surface area contributed by atoms with Gasteiger partial charge >= 0.3 is 0 Å². The highest BCUT2D eigenvalue weighted by molar-refractivity contribution is 7.92. The number of rotatable bonds is 4. The van der Waals surface area contributed by atoms with Crippen LogP contribution in [-0.4, -0.2) is 32.3 Å². The van der Waals surface area contributed by atoms with E-state index in [9.17, 15) is 13.2 Å². The van der Waals surface area contributed by atoms with Crippen molar-refractivity contribution < 1.29 is 13.2 Å². The third kappa shape index (κ3) is 4.69. The number of likely N-dealkylation sites (tertiary alicyclic amines) is 1. The maximum absolute atomic E-state index is 12.9. The second-order valence-corrected chi connectivity index (χ2v) is 9.34. The van der Waals surface area contributed by atoms with Gasteiger partial charge in [-0.15, -0.1) is 0 Å². The molecule has 3 rings (SSSR count). The molecule has 1 aliphatic heterocycles. The minimum atomic E-state index is -3.69. The van der Waals surface area contributed by atoms with Crippen molar-refractivity contribution in [1.82, 2.24) is 4.90 Å². The number of aryl methyl sites for hydroxylation is 1. The number of nitrogens with zero attached hydrogens (tertiary/aromatic N) is 1. The second kappa shape index (κ2) is 7.72. The van der Waals surface area contributed by atoms with Gasteiger partial charge in [0.1, 0.15) is 0 Å². The van der Waals surface area contributed by atoms with Gasteiger partial charge in [0.2, 0.25) is 0 Å². The van der Waals surface area contributed by atoms with Gasteiger partial charge in [-0.25, -0.2) is 8.42 Å². The lowest BCUT2D eigenvalue weighted by Gasteiger charge is -2.35. The van der Waals surface area contributed by atoms with Crippen LogP contribution >= 0.6 is 0 Å². The summed E-state index contributed by atoms with van der Waals surface area (Å²) in [7, 11) is -3.69. The molecular formula is C21H26N2O3S. The quantitative estimate of drug-likeness (QED) is 0.866. The van der Waals surface area contributed by atoms with Crippen molar-refractivity contribution in [2.75, 3.05) is 17.8 Å². The lowest BCUT2D eigenvalue weighted by atomic mass is 9.91. The molecule has 2 aromatic rings. The van der Waals surface area contributed by atoms with Gasteiger partial charge in [0.05, 0.1) is 4.90 Å². The first-order chi connectivity index (χ1) is 12.7. The van der Waals surface area contributed by atoms with Gasteiger partial charge in [0.25, 0.3) is 15.9 Å². The van der Waals surface area contributed by atoms with E-state index in [0.717, 1.165) is 25.1 Å². The van der Waals surface area contributed by atoms with Gasteiger partial charge in [0, 0.05) is 24.3 Å². The van der Waals surface area contributed by atoms with E-state index in [1.165, 1.54) is 0 Å². The first-order valence-electron chi connectivity index (χ1n) is 9.23. The molecule has 6 heteroatoms. The largest absolute Gasteiger partial charge is 0.338 e. The van der Waals surface area contributed by atoms with Crippen LogP contribution in [0.4, 0.5) is 5.69 Å². The van der Waals surface area contributed by atoms with Crippen molar-refractivity contribution in [1.29, 1.82) is 0 Å². The number of carbonyl (C=O) groups excluding carboxylic acids is 1. The Morgan fingerprint density at radius 2 is 1.67 bits per heavy atom. The van der Waals surface area contributed by atoms with Crippen molar-refractivity contribution in [3.8, 4) is 0 Å². The average Bonchev–Trinajstić information content (AvgIpc) is 2.60. The number of hydrogen-bond donors (Lipinski definition) is 1. The van der Waals surface area contributed by atoms with Gasteiger partial charge in [-0.2, -0.15) is 0 Å². The molecule has 1 fully saturated rings. The summed E-state index contributed by atoms with van der Waals surface area (Å²) in [6, 6.07) is 13.4. The maximum atomic E-state index is 12.9. The van der Waals surface area contributed by atoms with Crippen molar-refractivity contribution in [3.63, 3.8) is 0 Å². The van der Waals surface area contributed by atoms with Crippen LogP contribution in [0.3, 0.4) is 0 Å². The van der Waals surface area contributed by atoms with Crippen molar-refractivity contribution >= 4 is 21.6 Å². The van der Waals surface area contributed by atoms with Crippen LogP contribution < -0.4 is 4.72 Å². The summed E-state index contributed by atoms with van der Waals surface area (Å²) in [5.74, 6) is 0.895.